The van der Waals surface area contributed by atoms with Gasteiger partial charge in [0, 0.05) is 17.3 Å². The molecule has 4 aliphatic carbocycles. The van der Waals surface area contributed by atoms with Crippen molar-refractivity contribution in [2.75, 3.05) is 0 Å². The topological polar surface area (TPSA) is 12.9 Å². The summed E-state index contributed by atoms with van der Waals surface area (Å²) in [4.78, 5) is 4.91. The van der Waals surface area contributed by atoms with Gasteiger partial charge in [-0.05, 0) is 134 Å². The summed E-state index contributed by atoms with van der Waals surface area (Å²) in [7, 11) is 0. The van der Waals surface area contributed by atoms with Gasteiger partial charge in [0.05, 0.1) is 0 Å². The van der Waals surface area contributed by atoms with Gasteiger partial charge in [0.1, 0.15) is 0 Å². The third kappa shape index (κ3) is 4.33. The number of rotatable bonds is 5. The number of pyridine rings is 1. The molecule has 1 aromatic rings. The lowest BCUT2D eigenvalue weighted by atomic mass is 9.43. The van der Waals surface area contributed by atoms with Crippen molar-refractivity contribution >= 4 is 0 Å². The van der Waals surface area contributed by atoms with Crippen molar-refractivity contribution in [1.82, 2.24) is 4.98 Å². The lowest BCUT2D eigenvalue weighted by Crippen LogP contribution is -2.54. The molecule has 0 saturated heterocycles. The maximum Gasteiger partial charge on any atom is 0.0459 e. The van der Waals surface area contributed by atoms with Gasteiger partial charge < -0.3 is 0 Å². The van der Waals surface area contributed by atoms with Gasteiger partial charge in [0.15, 0.2) is 0 Å². The number of hydrogen-bond acceptors (Lipinski definition) is 1. The summed E-state index contributed by atoms with van der Waals surface area (Å²) >= 11 is 0. The van der Waals surface area contributed by atoms with Gasteiger partial charge >= 0.3 is 0 Å². The fourth-order valence-corrected chi connectivity index (χ4v) is 10.3. The molecule has 0 spiro atoms. The second-order valence-corrected chi connectivity index (χ2v) is 15.7. The molecular formula is C34H55N. The second kappa shape index (κ2) is 8.87. The Labute approximate surface area is 217 Å². The zero-order valence-electron chi connectivity index (χ0n) is 24.4. The molecule has 35 heavy (non-hydrogen) atoms. The zero-order valence-corrected chi connectivity index (χ0v) is 24.4. The molecule has 0 amide bonds. The Morgan fingerprint density at radius 1 is 0.914 bits per heavy atom. The average Bonchev–Trinajstić information content (AvgIpc) is 3.17. The minimum atomic E-state index is 0.179. The van der Waals surface area contributed by atoms with E-state index < -0.39 is 0 Å². The van der Waals surface area contributed by atoms with Crippen LogP contribution in [0.15, 0.2) is 18.3 Å². The van der Waals surface area contributed by atoms with Crippen LogP contribution < -0.4 is 0 Å². The molecule has 0 aliphatic heterocycles. The molecule has 0 N–H and O–H groups in total. The van der Waals surface area contributed by atoms with Gasteiger partial charge in [-0.15, -0.1) is 0 Å². The predicted molar refractivity (Wildman–Crippen MR) is 149 cm³/mol. The number of nitrogens with zero attached hydrogens (tertiary/aromatic N) is 1. The van der Waals surface area contributed by atoms with Crippen LogP contribution >= 0.6 is 0 Å². The molecule has 1 heteroatoms. The van der Waals surface area contributed by atoms with Crippen LogP contribution in [0.25, 0.3) is 0 Å². The van der Waals surface area contributed by atoms with E-state index in [1.807, 2.05) is 0 Å². The highest BCUT2D eigenvalue weighted by molar-refractivity contribution is 5.20. The highest BCUT2D eigenvalue weighted by atomic mass is 14.7. The highest BCUT2D eigenvalue weighted by Crippen LogP contribution is 2.69. The Bertz CT molecular complexity index is 896. The Morgan fingerprint density at radius 3 is 2.34 bits per heavy atom. The van der Waals surface area contributed by atoms with E-state index in [2.05, 4.69) is 73.7 Å². The van der Waals surface area contributed by atoms with Crippen LogP contribution in [0.1, 0.15) is 131 Å². The highest BCUT2D eigenvalue weighted by Gasteiger charge is 2.61. The van der Waals surface area contributed by atoms with Gasteiger partial charge in [-0.3, -0.25) is 4.98 Å². The number of hydrogen-bond donors (Lipinski definition) is 0. The normalized spacial score (nSPS) is 41.5. The molecule has 4 aliphatic rings. The third-order valence-electron chi connectivity index (χ3n) is 12.9. The zero-order chi connectivity index (χ0) is 25.2. The van der Waals surface area contributed by atoms with Crippen LogP contribution in [0.3, 0.4) is 0 Å². The van der Waals surface area contributed by atoms with E-state index in [1.54, 1.807) is 0 Å². The first kappa shape index (κ1) is 25.8. The Morgan fingerprint density at radius 2 is 1.66 bits per heavy atom. The number of fused-ring (bicyclic) bond motifs is 5. The third-order valence-corrected chi connectivity index (χ3v) is 12.9. The van der Waals surface area contributed by atoms with Gasteiger partial charge in [-0.1, -0.05) is 61.5 Å². The van der Waals surface area contributed by atoms with Crippen molar-refractivity contribution in [2.45, 2.75) is 131 Å². The maximum atomic E-state index is 4.91. The maximum absolute atomic E-state index is 4.91. The molecule has 4 fully saturated rings. The summed E-state index contributed by atoms with van der Waals surface area (Å²) in [5, 5.41) is 0. The summed E-state index contributed by atoms with van der Waals surface area (Å²) in [5.41, 5.74) is 4.65. The van der Waals surface area contributed by atoms with Crippen LogP contribution in [0, 0.1) is 51.8 Å². The molecule has 0 bridgehead atoms. The fraction of sp³-hybridized carbons (Fsp3) is 0.853. The Balaban J connectivity index is 1.29. The van der Waals surface area contributed by atoms with Gasteiger partial charge in [0.2, 0.25) is 0 Å². The monoisotopic (exact) mass is 477 g/mol. The van der Waals surface area contributed by atoms with E-state index in [4.69, 9.17) is 4.98 Å². The molecule has 8 unspecified atom stereocenters. The summed E-state index contributed by atoms with van der Waals surface area (Å²) in [6.07, 6.45) is 18.0. The van der Waals surface area contributed by atoms with Crippen LogP contribution in [-0.4, -0.2) is 4.98 Å². The van der Waals surface area contributed by atoms with Crippen molar-refractivity contribution in [3.8, 4) is 0 Å². The quantitative estimate of drug-likeness (QED) is 0.411. The Hall–Kier alpha value is -0.850. The largest absolute Gasteiger partial charge is 0.260 e. The smallest absolute Gasteiger partial charge is 0.0459 e. The molecule has 4 saturated carbocycles. The molecule has 1 nitrogen and oxygen atoms in total. The standard InChI is InChI=1S/C34H55N/c1-9-32(5,6)30-15-10-24(22-35-30)20-23(2)27-13-14-28-26-12-11-25-21-31(3,4)18-19-33(25,7)29(26)16-17-34(27,28)8/h10,15,22-23,25-29H,9,11-14,16-21H2,1-8H3. The van der Waals surface area contributed by atoms with Crippen molar-refractivity contribution in [3.63, 3.8) is 0 Å². The van der Waals surface area contributed by atoms with Crippen molar-refractivity contribution in [2.24, 2.45) is 51.8 Å². The molecular weight excluding hydrogens is 422 g/mol. The molecule has 1 aromatic heterocycles. The van der Waals surface area contributed by atoms with E-state index in [0.717, 1.165) is 41.9 Å². The van der Waals surface area contributed by atoms with E-state index >= 15 is 0 Å². The molecule has 8 atom stereocenters. The van der Waals surface area contributed by atoms with Crippen molar-refractivity contribution < 1.29 is 0 Å². The number of aromatic nitrogens is 1. The Kier molecular flexibility index (Phi) is 6.54. The van der Waals surface area contributed by atoms with Crippen molar-refractivity contribution in [3.05, 3.63) is 29.6 Å². The van der Waals surface area contributed by atoms with Gasteiger partial charge in [0.25, 0.3) is 0 Å². The summed E-state index contributed by atoms with van der Waals surface area (Å²) in [6, 6.07) is 4.69. The molecule has 0 radical (unpaired) electrons. The predicted octanol–water partition coefficient (Wildman–Crippen LogP) is 9.63. The first-order valence-electron chi connectivity index (χ1n) is 15.3. The molecule has 1 heterocycles. The fourth-order valence-electron chi connectivity index (χ4n) is 10.3. The van der Waals surface area contributed by atoms with Crippen LogP contribution in [0.5, 0.6) is 0 Å². The first-order chi connectivity index (χ1) is 16.4. The minimum absolute atomic E-state index is 0.179. The van der Waals surface area contributed by atoms with Crippen molar-refractivity contribution in [1.29, 1.82) is 0 Å². The summed E-state index contributed by atoms with van der Waals surface area (Å²) in [6.45, 7) is 20.0. The SMILES string of the molecule is CCC(C)(C)c1ccc(CC(C)C2CCC3C4CCC5CC(C)(C)CCC5(C)C4CCC23C)cn1. The second-order valence-electron chi connectivity index (χ2n) is 15.7. The lowest BCUT2D eigenvalue weighted by molar-refractivity contribution is -0.129. The van der Waals surface area contributed by atoms with Crippen LogP contribution in [-0.2, 0) is 11.8 Å². The summed E-state index contributed by atoms with van der Waals surface area (Å²) in [5.74, 6) is 5.62. The summed E-state index contributed by atoms with van der Waals surface area (Å²) < 4.78 is 0. The minimum Gasteiger partial charge on any atom is -0.260 e. The van der Waals surface area contributed by atoms with Crippen LogP contribution in [0.2, 0.25) is 0 Å². The van der Waals surface area contributed by atoms with Gasteiger partial charge in [-0.25, -0.2) is 0 Å². The first-order valence-corrected chi connectivity index (χ1v) is 15.3. The molecule has 0 aromatic carbocycles. The molecule has 5 rings (SSSR count). The van der Waals surface area contributed by atoms with E-state index in [-0.39, 0.29) is 5.41 Å². The van der Waals surface area contributed by atoms with E-state index in [0.29, 0.717) is 16.2 Å². The van der Waals surface area contributed by atoms with Crippen LogP contribution in [0.4, 0.5) is 0 Å². The lowest BCUT2D eigenvalue weighted by Gasteiger charge is -2.62. The van der Waals surface area contributed by atoms with E-state index in [9.17, 15) is 0 Å². The van der Waals surface area contributed by atoms with E-state index in [1.165, 1.54) is 75.5 Å². The van der Waals surface area contributed by atoms with Gasteiger partial charge in [-0.2, -0.15) is 0 Å². The molecule has 196 valence electrons. The average molecular weight is 478 g/mol.